The van der Waals surface area contributed by atoms with E-state index >= 15 is 0 Å². The Hall–Kier alpha value is -1.06. The molecule has 1 unspecified atom stereocenters. The summed E-state index contributed by atoms with van der Waals surface area (Å²) in [6, 6.07) is 6.41. The van der Waals surface area contributed by atoms with Gasteiger partial charge in [0.05, 0.1) is 6.61 Å². The van der Waals surface area contributed by atoms with Crippen molar-refractivity contribution >= 4 is 0 Å². The Kier molecular flexibility index (Phi) is 3.52. The molecule has 2 heterocycles. The fourth-order valence-electron chi connectivity index (χ4n) is 2.98. The molecule has 0 spiro atoms. The van der Waals surface area contributed by atoms with Crippen LogP contribution in [0.15, 0.2) is 18.2 Å². The quantitative estimate of drug-likeness (QED) is 0.879. The molecule has 0 aromatic heterocycles. The summed E-state index contributed by atoms with van der Waals surface area (Å²) in [7, 11) is 0. The van der Waals surface area contributed by atoms with Gasteiger partial charge in [0.25, 0.3) is 0 Å². The molecule has 0 saturated carbocycles. The number of benzene rings is 1. The monoisotopic (exact) mass is 246 g/mol. The number of rotatable bonds is 4. The first-order valence-corrected chi connectivity index (χ1v) is 7.03. The van der Waals surface area contributed by atoms with E-state index in [0.717, 1.165) is 25.4 Å². The highest BCUT2D eigenvalue weighted by atomic mass is 16.5. The molecule has 3 rings (SSSR count). The smallest absolute Gasteiger partial charge is 0.124 e. The molecule has 3 heteroatoms. The third-order valence-electron chi connectivity index (χ3n) is 4.14. The van der Waals surface area contributed by atoms with Crippen LogP contribution in [0, 0.1) is 5.92 Å². The minimum absolute atomic E-state index is 0.704. The van der Waals surface area contributed by atoms with Gasteiger partial charge in [0, 0.05) is 31.1 Å². The van der Waals surface area contributed by atoms with Crippen molar-refractivity contribution in [2.24, 2.45) is 5.92 Å². The van der Waals surface area contributed by atoms with Gasteiger partial charge in [-0.25, -0.2) is 0 Å². The second-order valence-electron chi connectivity index (χ2n) is 5.36. The van der Waals surface area contributed by atoms with E-state index in [0.29, 0.717) is 5.92 Å². The van der Waals surface area contributed by atoms with Gasteiger partial charge in [0.1, 0.15) is 5.75 Å². The number of hydrogen-bond donors (Lipinski definition) is 1. The van der Waals surface area contributed by atoms with Gasteiger partial charge in [0.15, 0.2) is 0 Å². The SMILES string of the molecule is CCN1CCC(COc2cccc3c2CNC3)C1. The molecule has 0 aliphatic carbocycles. The fraction of sp³-hybridized carbons (Fsp3) is 0.600. The summed E-state index contributed by atoms with van der Waals surface area (Å²) >= 11 is 0. The molecule has 1 atom stereocenters. The average molecular weight is 246 g/mol. The van der Waals surface area contributed by atoms with Crippen molar-refractivity contribution in [1.29, 1.82) is 0 Å². The van der Waals surface area contributed by atoms with Crippen LogP contribution >= 0.6 is 0 Å². The molecular weight excluding hydrogens is 224 g/mol. The lowest BCUT2D eigenvalue weighted by Gasteiger charge is -2.15. The number of nitrogens with one attached hydrogen (secondary N) is 1. The van der Waals surface area contributed by atoms with E-state index in [-0.39, 0.29) is 0 Å². The Morgan fingerprint density at radius 3 is 3.17 bits per heavy atom. The van der Waals surface area contributed by atoms with E-state index in [1.807, 2.05) is 0 Å². The van der Waals surface area contributed by atoms with Crippen LogP contribution in [0.2, 0.25) is 0 Å². The third kappa shape index (κ3) is 2.38. The number of fused-ring (bicyclic) bond motifs is 1. The van der Waals surface area contributed by atoms with Gasteiger partial charge >= 0.3 is 0 Å². The molecular formula is C15H22N2O. The van der Waals surface area contributed by atoms with Gasteiger partial charge in [-0.1, -0.05) is 19.1 Å². The molecule has 1 N–H and O–H groups in total. The predicted molar refractivity (Wildman–Crippen MR) is 72.7 cm³/mol. The van der Waals surface area contributed by atoms with Crippen molar-refractivity contribution in [2.75, 3.05) is 26.2 Å². The highest BCUT2D eigenvalue weighted by molar-refractivity contribution is 5.42. The summed E-state index contributed by atoms with van der Waals surface area (Å²) in [4.78, 5) is 2.50. The molecule has 1 fully saturated rings. The zero-order chi connectivity index (χ0) is 12.4. The minimum atomic E-state index is 0.704. The highest BCUT2D eigenvalue weighted by Crippen LogP contribution is 2.27. The van der Waals surface area contributed by atoms with Crippen molar-refractivity contribution in [3.05, 3.63) is 29.3 Å². The molecule has 18 heavy (non-hydrogen) atoms. The molecule has 98 valence electrons. The summed E-state index contributed by atoms with van der Waals surface area (Å²) < 4.78 is 6.06. The van der Waals surface area contributed by atoms with Crippen molar-refractivity contribution in [1.82, 2.24) is 10.2 Å². The highest BCUT2D eigenvalue weighted by Gasteiger charge is 2.22. The first kappa shape index (κ1) is 12.0. The number of nitrogens with zero attached hydrogens (tertiary/aromatic N) is 1. The lowest BCUT2D eigenvalue weighted by Crippen LogP contribution is -2.22. The maximum Gasteiger partial charge on any atom is 0.124 e. The summed E-state index contributed by atoms with van der Waals surface area (Å²) in [5.74, 6) is 1.79. The fourth-order valence-corrected chi connectivity index (χ4v) is 2.98. The van der Waals surface area contributed by atoms with E-state index in [4.69, 9.17) is 4.74 Å². The lowest BCUT2D eigenvalue weighted by molar-refractivity contribution is 0.241. The average Bonchev–Trinajstić information content (AvgIpc) is 3.05. The molecule has 1 aromatic rings. The van der Waals surface area contributed by atoms with E-state index in [1.54, 1.807) is 0 Å². The Labute approximate surface area is 109 Å². The maximum absolute atomic E-state index is 6.06. The van der Waals surface area contributed by atoms with Crippen molar-refractivity contribution in [3.8, 4) is 5.75 Å². The van der Waals surface area contributed by atoms with Crippen LogP contribution in [-0.4, -0.2) is 31.1 Å². The Bertz CT molecular complexity index is 419. The van der Waals surface area contributed by atoms with Crippen LogP contribution in [0.4, 0.5) is 0 Å². The molecule has 0 radical (unpaired) electrons. The Morgan fingerprint density at radius 2 is 2.33 bits per heavy atom. The summed E-state index contributed by atoms with van der Waals surface area (Å²) in [6.07, 6.45) is 1.28. The normalized spacial score (nSPS) is 23.3. The van der Waals surface area contributed by atoms with E-state index in [9.17, 15) is 0 Å². The zero-order valence-electron chi connectivity index (χ0n) is 11.1. The van der Waals surface area contributed by atoms with Crippen molar-refractivity contribution < 1.29 is 4.74 Å². The Morgan fingerprint density at radius 1 is 1.39 bits per heavy atom. The van der Waals surface area contributed by atoms with Gasteiger partial charge in [0.2, 0.25) is 0 Å². The third-order valence-corrected chi connectivity index (χ3v) is 4.14. The minimum Gasteiger partial charge on any atom is -0.493 e. The molecule has 1 aromatic carbocycles. The number of ether oxygens (including phenoxy) is 1. The molecule has 3 nitrogen and oxygen atoms in total. The molecule has 0 amide bonds. The zero-order valence-corrected chi connectivity index (χ0v) is 11.1. The second kappa shape index (κ2) is 5.29. The molecule has 0 bridgehead atoms. The number of hydrogen-bond acceptors (Lipinski definition) is 3. The van der Waals surface area contributed by atoms with Crippen molar-refractivity contribution in [2.45, 2.75) is 26.4 Å². The molecule has 1 saturated heterocycles. The van der Waals surface area contributed by atoms with Crippen LogP contribution in [-0.2, 0) is 13.1 Å². The van der Waals surface area contributed by atoms with E-state index in [2.05, 4.69) is 35.3 Å². The standard InChI is InChI=1S/C15H22N2O/c1-2-17-7-6-12(10-17)11-18-15-5-3-4-13-8-16-9-14(13)15/h3-5,12,16H,2,6-11H2,1H3. The first-order valence-electron chi connectivity index (χ1n) is 7.03. The predicted octanol–water partition coefficient (Wildman–Crippen LogP) is 2.01. The van der Waals surface area contributed by atoms with Crippen LogP contribution in [0.1, 0.15) is 24.5 Å². The van der Waals surface area contributed by atoms with Crippen LogP contribution < -0.4 is 10.1 Å². The van der Waals surface area contributed by atoms with Gasteiger partial charge in [-0.05, 0) is 31.1 Å². The first-order chi connectivity index (χ1) is 8.86. The second-order valence-corrected chi connectivity index (χ2v) is 5.36. The van der Waals surface area contributed by atoms with Gasteiger partial charge < -0.3 is 15.0 Å². The van der Waals surface area contributed by atoms with Crippen LogP contribution in [0.3, 0.4) is 0 Å². The van der Waals surface area contributed by atoms with Gasteiger partial charge in [-0.2, -0.15) is 0 Å². The summed E-state index contributed by atoms with van der Waals surface area (Å²) in [6.45, 7) is 8.65. The van der Waals surface area contributed by atoms with Crippen LogP contribution in [0.5, 0.6) is 5.75 Å². The summed E-state index contributed by atoms with van der Waals surface area (Å²) in [5, 5.41) is 3.38. The van der Waals surface area contributed by atoms with E-state index in [1.165, 1.54) is 37.2 Å². The largest absolute Gasteiger partial charge is 0.493 e. The maximum atomic E-state index is 6.06. The molecule has 2 aliphatic heterocycles. The topological polar surface area (TPSA) is 24.5 Å². The van der Waals surface area contributed by atoms with Gasteiger partial charge in [-0.3, -0.25) is 0 Å². The van der Waals surface area contributed by atoms with E-state index < -0.39 is 0 Å². The summed E-state index contributed by atoms with van der Waals surface area (Å²) in [5.41, 5.74) is 2.76. The molecule has 2 aliphatic rings. The Balaban J connectivity index is 1.59. The van der Waals surface area contributed by atoms with Crippen molar-refractivity contribution in [3.63, 3.8) is 0 Å². The lowest BCUT2D eigenvalue weighted by atomic mass is 10.1. The number of likely N-dealkylation sites (tertiary alicyclic amines) is 1. The van der Waals surface area contributed by atoms with Crippen LogP contribution in [0.25, 0.3) is 0 Å². The van der Waals surface area contributed by atoms with Gasteiger partial charge in [-0.15, -0.1) is 0 Å².